The molecule has 0 radical (unpaired) electrons. The van der Waals surface area contributed by atoms with Crippen molar-refractivity contribution in [3.05, 3.63) is 28.9 Å². The first kappa shape index (κ1) is 9.50. The Morgan fingerprint density at radius 1 is 1.43 bits per heavy atom. The van der Waals surface area contributed by atoms with Gasteiger partial charge in [-0.1, -0.05) is 25.6 Å². The van der Waals surface area contributed by atoms with Crippen LogP contribution in [0.3, 0.4) is 0 Å². The molecule has 0 atom stereocenters. The Morgan fingerprint density at radius 3 is 2.93 bits per heavy atom. The van der Waals surface area contributed by atoms with Crippen LogP contribution in [0, 0.1) is 5.82 Å². The summed E-state index contributed by atoms with van der Waals surface area (Å²) in [6, 6.07) is 3.52. The van der Waals surface area contributed by atoms with E-state index in [1.54, 1.807) is 11.5 Å². The van der Waals surface area contributed by atoms with Crippen LogP contribution in [0.25, 0.3) is 0 Å². The number of halogens is 1. The van der Waals surface area contributed by atoms with E-state index in [1.165, 1.54) is 11.8 Å². The van der Waals surface area contributed by atoms with Crippen LogP contribution in [0.4, 0.5) is 10.1 Å². The second kappa shape index (κ2) is 3.60. The van der Waals surface area contributed by atoms with Crippen molar-refractivity contribution in [3.63, 3.8) is 0 Å². The predicted molar refractivity (Wildman–Crippen MR) is 58.0 cm³/mol. The first-order valence-electron chi connectivity index (χ1n) is 4.46. The topological polar surface area (TPSA) is 12.4 Å². The van der Waals surface area contributed by atoms with Crippen molar-refractivity contribution in [2.75, 3.05) is 0 Å². The maximum atomic E-state index is 13.6. The molecule has 1 aliphatic heterocycles. The molecule has 2 rings (SSSR count). The van der Waals surface area contributed by atoms with Crippen molar-refractivity contribution >= 4 is 23.3 Å². The quantitative estimate of drug-likeness (QED) is 0.681. The zero-order valence-corrected chi connectivity index (χ0v) is 8.86. The fourth-order valence-corrected chi connectivity index (χ4v) is 1.93. The van der Waals surface area contributed by atoms with E-state index in [0.717, 1.165) is 5.56 Å². The molecule has 1 nitrogen and oxygen atoms in total. The first-order valence-corrected chi connectivity index (χ1v) is 5.34. The van der Waals surface area contributed by atoms with Crippen molar-refractivity contribution in [1.29, 1.82) is 0 Å². The smallest absolute Gasteiger partial charge is 0.139 e. The number of fused-ring (bicyclic) bond motifs is 1. The molecule has 1 aromatic carbocycles. The minimum absolute atomic E-state index is 0.183. The van der Waals surface area contributed by atoms with Crippen molar-refractivity contribution in [2.24, 2.45) is 4.99 Å². The summed E-state index contributed by atoms with van der Waals surface area (Å²) in [5.74, 6) is 2.87. The van der Waals surface area contributed by atoms with Gasteiger partial charge in [0, 0.05) is 5.41 Å². The average Bonchev–Trinajstić information content (AvgIpc) is 2.17. The normalized spacial score (nSPS) is 13.4. The molecule has 0 saturated carbocycles. The minimum atomic E-state index is -0.183. The Balaban J connectivity index is 2.58. The molecule has 1 heterocycles. The summed E-state index contributed by atoms with van der Waals surface area (Å²) in [6.07, 6.45) is 0. The lowest BCUT2D eigenvalue weighted by molar-refractivity contribution is 0.598. The van der Waals surface area contributed by atoms with Crippen LogP contribution in [0.2, 0.25) is 0 Å². The van der Waals surface area contributed by atoms with E-state index in [4.69, 9.17) is 0 Å². The highest BCUT2D eigenvalue weighted by Crippen LogP contribution is 2.36. The Morgan fingerprint density at radius 2 is 2.21 bits per heavy atom. The molecule has 0 aliphatic carbocycles. The summed E-state index contributed by atoms with van der Waals surface area (Å²) in [6.45, 7) is 4.08. The van der Waals surface area contributed by atoms with Crippen LogP contribution in [-0.4, -0.2) is 5.87 Å². The highest BCUT2D eigenvalue weighted by atomic mass is 32.2. The van der Waals surface area contributed by atoms with Crippen molar-refractivity contribution < 1.29 is 4.39 Å². The molecular weight excluding hydrogens is 197 g/mol. The second-order valence-corrected chi connectivity index (χ2v) is 4.36. The molecule has 3 heteroatoms. The fourth-order valence-electron chi connectivity index (χ4n) is 1.31. The number of hydrogen-bond acceptors (Lipinski definition) is 2. The Labute approximate surface area is 86.7 Å². The molecule has 0 fully saturated rings. The van der Waals surface area contributed by atoms with Crippen LogP contribution >= 0.6 is 11.8 Å². The molecule has 0 amide bonds. The second-order valence-electron chi connectivity index (χ2n) is 3.48. The third-order valence-corrected chi connectivity index (χ3v) is 2.99. The average molecular weight is 207 g/mol. The molecule has 0 aromatic heterocycles. The monoisotopic (exact) mass is 207 g/mol. The molecular formula is C11H10FNS. The van der Waals surface area contributed by atoms with Gasteiger partial charge in [0.2, 0.25) is 0 Å². The number of benzene rings is 1. The van der Waals surface area contributed by atoms with Crippen LogP contribution in [0.15, 0.2) is 27.4 Å². The predicted octanol–water partition coefficient (Wildman–Crippen LogP) is 3.87. The number of hydrogen-bond donors (Lipinski definition) is 0. The molecule has 1 aromatic rings. The SMILES string of the molecule is CC(C)c1cc(F)c2c(c1)N=C=CS2. The Bertz CT molecular complexity index is 431. The van der Waals surface area contributed by atoms with Crippen LogP contribution in [-0.2, 0) is 0 Å². The minimum Gasteiger partial charge on any atom is -0.206 e. The zero-order chi connectivity index (χ0) is 10.1. The highest BCUT2D eigenvalue weighted by molar-refractivity contribution is 8.02. The summed E-state index contributed by atoms with van der Waals surface area (Å²) >= 11 is 1.33. The number of rotatable bonds is 1. The summed E-state index contributed by atoms with van der Waals surface area (Å²) < 4.78 is 13.6. The van der Waals surface area contributed by atoms with E-state index in [9.17, 15) is 4.39 Å². The van der Waals surface area contributed by atoms with Crippen LogP contribution < -0.4 is 0 Å². The summed E-state index contributed by atoms with van der Waals surface area (Å²) in [5.41, 5.74) is 1.68. The molecule has 0 saturated heterocycles. The summed E-state index contributed by atoms with van der Waals surface area (Å²) in [7, 11) is 0. The lowest BCUT2D eigenvalue weighted by Gasteiger charge is -2.11. The van der Waals surface area contributed by atoms with Gasteiger partial charge in [0.1, 0.15) is 5.82 Å². The maximum Gasteiger partial charge on any atom is 0.139 e. The standard InChI is InChI=1S/C11H10FNS/c1-7(2)8-5-9(12)11-10(6-8)13-3-4-14-11/h4-7H,1-2H3. The molecule has 0 unspecified atom stereocenters. The van der Waals surface area contributed by atoms with E-state index in [0.29, 0.717) is 16.5 Å². The largest absolute Gasteiger partial charge is 0.206 e. The van der Waals surface area contributed by atoms with Gasteiger partial charge >= 0.3 is 0 Å². The summed E-state index contributed by atoms with van der Waals surface area (Å²) in [5, 5.41) is 1.67. The van der Waals surface area contributed by atoms with E-state index in [-0.39, 0.29) is 5.82 Å². The number of nitrogens with zero attached hydrogens (tertiary/aromatic N) is 1. The molecule has 14 heavy (non-hydrogen) atoms. The van der Waals surface area contributed by atoms with Gasteiger partial charge in [0.05, 0.1) is 10.6 Å². The Hall–Kier alpha value is -1.05. The van der Waals surface area contributed by atoms with Gasteiger partial charge in [-0.25, -0.2) is 9.38 Å². The number of thioether (sulfide) groups is 1. The van der Waals surface area contributed by atoms with Gasteiger partial charge in [0.15, 0.2) is 0 Å². The highest BCUT2D eigenvalue weighted by Gasteiger charge is 2.13. The lowest BCUT2D eigenvalue weighted by Crippen LogP contribution is -1.92. The number of aliphatic imine (C=N–C) groups is 1. The van der Waals surface area contributed by atoms with Gasteiger partial charge in [-0.15, -0.1) is 0 Å². The van der Waals surface area contributed by atoms with Gasteiger partial charge in [-0.3, -0.25) is 0 Å². The maximum absolute atomic E-state index is 13.6. The zero-order valence-electron chi connectivity index (χ0n) is 8.04. The van der Waals surface area contributed by atoms with Gasteiger partial charge < -0.3 is 0 Å². The third-order valence-electron chi connectivity index (χ3n) is 2.13. The van der Waals surface area contributed by atoms with Crippen molar-refractivity contribution in [3.8, 4) is 0 Å². The van der Waals surface area contributed by atoms with Gasteiger partial charge in [-0.05, 0) is 29.5 Å². The van der Waals surface area contributed by atoms with Crippen molar-refractivity contribution in [2.45, 2.75) is 24.7 Å². The fraction of sp³-hybridized carbons (Fsp3) is 0.273. The summed E-state index contributed by atoms with van der Waals surface area (Å²) in [4.78, 5) is 4.64. The Kier molecular flexibility index (Phi) is 2.44. The van der Waals surface area contributed by atoms with Gasteiger partial charge in [0.25, 0.3) is 0 Å². The van der Waals surface area contributed by atoms with Crippen LogP contribution in [0.5, 0.6) is 0 Å². The third kappa shape index (κ3) is 1.61. The molecule has 0 spiro atoms. The van der Waals surface area contributed by atoms with E-state index >= 15 is 0 Å². The molecule has 72 valence electrons. The van der Waals surface area contributed by atoms with Crippen LogP contribution in [0.1, 0.15) is 25.3 Å². The van der Waals surface area contributed by atoms with E-state index in [2.05, 4.69) is 10.9 Å². The van der Waals surface area contributed by atoms with Gasteiger partial charge in [-0.2, -0.15) is 0 Å². The first-order chi connectivity index (χ1) is 6.68. The van der Waals surface area contributed by atoms with E-state index < -0.39 is 0 Å². The molecule has 0 bridgehead atoms. The van der Waals surface area contributed by atoms with E-state index in [1.807, 2.05) is 19.9 Å². The van der Waals surface area contributed by atoms with Crippen molar-refractivity contribution in [1.82, 2.24) is 0 Å². The molecule has 1 aliphatic rings. The molecule has 0 N–H and O–H groups in total. The lowest BCUT2D eigenvalue weighted by atomic mass is 10.0.